The second-order valence-corrected chi connectivity index (χ2v) is 6.53. The fourth-order valence-electron chi connectivity index (χ4n) is 2.67. The molecule has 0 aliphatic rings. The van der Waals surface area contributed by atoms with E-state index in [-0.39, 0.29) is 5.91 Å². The van der Waals surface area contributed by atoms with Gasteiger partial charge in [-0.2, -0.15) is 0 Å². The summed E-state index contributed by atoms with van der Waals surface area (Å²) >= 11 is 0. The Morgan fingerprint density at radius 1 is 0.750 bits per heavy atom. The third kappa shape index (κ3) is 6.16. The van der Waals surface area contributed by atoms with Crippen molar-refractivity contribution in [2.24, 2.45) is 0 Å². The van der Waals surface area contributed by atoms with Gasteiger partial charge >= 0.3 is 0 Å². The van der Waals surface area contributed by atoms with Crippen LogP contribution < -0.4 is 14.8 Å². The summed E-state index contributed by atoms with van der Waals surface area (Å²) in [7, 11) is 0. The van der Waals surface area contributed by atoms with Gasteiger partial charge in [0.1, 0.15) is 24.7 Å². The third-order valence-electron chi connectivity index (χ3n) is 4.19. The number of nitrogens with one attached hydrogen (secondary N) is 1. The summed E-state index contributed by atoms with van der Waals surface area (Å²) in [5.74, 6) is 1.64. The average Bonchev–Trinajstić information content (AvgIpc) is 2.73. The van der Waals surface area contributed by atoms with Crippen molar-refractivity contribution in [1.82, 2.24) is 0 Å². The Hall–Kier alpha value is -3.27. The number of carbonyl (C=O) groups excluding carboxylic acids is 1. The molecule has 4 heteroatoms. The first kappa shape index (κ1) is 19.5. The van der Waals surface area contributed by atoms with Crippen LogP contribution >= 0.6 is 0 Å². The quantitative estimate of drug-likeness (QED) is 0.531. The molecule has 0 aliphatic carbocycles. The maximum atomic E-state index is 11.6. The topological polar surface area (TPSA) is 47.6 Å². The van der Waals surface area contributed by atoms with E-state index in [0.717, 1.165) is 34.7 Å². The van der Waals surface area contributed by atoms with E-state index < -0.39 is 0 Å². The molecule has 0 bridgehead atoms. The van der Waals surface area contributed by atoms with Crippen LogP contribution in [0.25, 0.3) is 0 Å². The van der Waals surface area contributed by atoms with Gasteiger partial charge in [-0.25, -0.2) is 0 Å². The third-order valence-corrected chi connectivity index (χ3v) is 4.19. The van der Waals surface area contributed by atoms with Crippen LogP contribution in [0, 0.1) is 0 Å². The normalized spacial score (nSPS) is 10.3. The Labute approximate surface area is 166 Å². The molecule has 144 valence electrons. The lowest BCUT2D eigenvalue weighted by Crippen LogP contribution is -2.10. The molecule has 4 nitrogen and oxygen atoms in total. The summed E-state index contributed by atoms with van der Waals surface area (Å²) in [4.78, 5) is 11.6. The van der Waals surface area contributed by atoms with Crippen molar-refractivity contribution in [3.05, 3.63) is 90.0 Å². The maximum absolute atomic E-state index is 11.6. The Bertz CT molecular complexity index is 859. The van der Waals surface area contributed by atoms with Crippen LogP contribution in [-0.4, -0.2) is 5.91 Å². The molecule has 0 unspecified atom stereocenters. The zero-order valence-electron chi connectivity index (χ0n) is 16.1. The van der Waals surface area contributed by atoms with Crippen molar-refractivity contribution in [3.8, 4) is 11.5 Å². The molecule has 0 saturated carbocycles. The molecule has 1 N–H and O–H groups in total. The predicted molar refractivity (Wildman–Crippen MR) is 112 cm³/mol. The van der Waals surface area contributed by atoms with Gasteiger partial charge in [-0.1, -0.05) is 49.4 Å². The Morgan fingerprint density at radius 2 is 1.29 bits per heavy atom. The van der Waals surface area contributed by atoms with Gasteiger partial charge in [0.05, 0.1) is 0 Å². The largest absolute Gasteiger partial charge is 0.489 e. The number of hydrogen-bond acceptors (Lipinski definition) is 3. The second kappa shape index (κ2) is 10.2. The number of benzene rings is 3. The Kier molecular flexibility index (Phi) is 7.08. The van der Waals surface area contributed by atoms with Gasteiger partial charge in [0.25, 0.3) is 0 Å². The zero-order chi connectivity index (χ0) is 19.6. The first-order valence-electron chi connectivity index (χ1n) is 9.51. The van der Waals surface area contributed by atoms with Gasteiger partial charge in [0.2, 0.25) is 5.91 Å². The van der Waals surface area contributed by atoms with Crippen molar-refractivity contribution in [1.29, 1.82) is 0 Å². The molecule has 28 heavy (non-hydrogen) atoms. The molecule has 3 aromatic carbocycles. The summed E-state index contributed by atoms with van der Waals surface area (Å²) in [5.41, 5.74) is 2.98. The highest BCUT2D eigenvalue weighted by molar-refractivity contribution is 5.90. The van der Waals surface area contributed by atoms with Gasteiger partial charge in [-0.15, -0.1) is 0 Å². The van der Waals surface area contributed by atoms with Crippen LogP contribution in [0.15, 0.2) is 78.9 Å². The highest BCUT2D eigenvalue weighted by Crippen LogP contribution is 2.20. The van der Waals surface area contributed by atoms with E-state index in [2.05, 4.69) is 5.32 Å². The van der Waals surface area contributed by atoms with Crippen LogP contribution in [0.1, 0.15) is 30.9 Å². The van der Waals surface area contributed by atoms with Crippen LogP contribution in [-0.2, 0) is 18.0 Å². The van der Waals surface area contributed by atoms with Gasteiger partial charge < -0.3 is 14.8 Å². The van der Waals surface area contributed by atoms with Crippen LogP contribution in [0.4, 0.5) is 5.69 Å². The van der Waals surface area contributed by atoms with Gasteiger partial charge in [-0.3, -0.25) is 4.79 Å². The molecule has 0 aromatic heterocycles. The summed E-state index contributed by atoms with van der Waals surface area (Å²) in [6.45, 7) is 3.00. The number of amides is 1. The van der Waals surface area contributed by atoms with Crippen molar-refractivity contribution in [2.45, 2.75) is 33.0 Å². The monoisotopic (exact) mass is 375 g/mol. The van der Waals surface area contributed by atoms with Crippen molar-refractivity contribution < 1.29 is 14.3 Å². The fourth-order valence-corrected chi connectivity index (χ4v) is 2.67. The van der Waals surface area contributed by atoms with Gasteiger partial charge in [-0.05, 0) is 53.9 Å². The number of ether oxygens (including phenoxy) is 2. The molecule has 0 spiro atoms. The van der Waals surface area contributed by atoms with Crippen LogP contribution in [0.5, 0.6) is 11.5 Å². The molecule has 3 rings (SSSR count). The molecular formula is C24H25NO3. The van der Waals surface area contributed by atoms with E-state index in [1.165, 1.54) is 0 Å². The van der Waals surface area contributed by atoms with Crippen LogP contribution in [0.2, 0.25) is 0 Å². The van der Waals surface area contributed by atoms with E-state index in [0.29, 0.717) is 19.6 Å². The number of carbonyl (C=O) groups is 1. The van der Waals surface area contributed by atoms with E-state index in [1.54, 1.807) is 0 Å². The number of rotatable bonds is 9. The van der Waals surface area contributed by atoms with Gasteiger partial charge in [0.15, 0.2) is 0 Å². The lowest BCUT2D eigenvalue weighted by molar-refractivity contribution is -0.116. The minimum Gasteiger partial charge on any atom is -0.489 e. The van der Waals surface area contributed by atoms with Crippen LogP contribution in [0.3, 0.4) is 0 Å². The van der Waals surface area contributed by atoms with E-state index in [9.17, 15) is 4.79 Å². The highest BCUT2D eigenvalue weighted by atomic mass is 16.5. The maximum Gasteiger partial charge on any atom is 0.224 e. The summed E-state index contributed by atoms with van der Waals surface area (Å²) in [6, 6.07) is 25.4. The molecule has 0 atom stereocenters. The summed E-state index contributed by atoms with van der Waals surface area (Å²) in [5, 5.41) is 2.88. The van der Waals surface area contributed by atoms with Crippen molar-refractivity contribution >= 4 is 11.6 Å². The Morgan fingerprint density at radius 3 is 1.82 bits per heavy atom. The molecular weight excluding hydrogens is 350 g/mol. The molecule has 0 saturated heterocycles. The molecule has 3 aromatic rings. The average molecular weight is 375 g/mol. The van der Waals surface area contributed by atoms with E-state index >= 15 is 0 Å². The SMILES string of the molecule is CCCC(=O)Nc1ccc(COc2ccc(OCc3ccccc3)cc2)cc1. The molecule has 0 aliphatic heterocycles. The summed E-state index contributed by atoms with van der Waals surface area (Å²) in [6.07, 6.45) is 1.38. The van der Waals surface area contributed by atoms with Crippen molar-refractivity contribution in [2.75, 3.05) is 5.32 Å². The standard InChI is InChI=1S/C24H25NO3/c1-2-6-24(26)25-21-11-9-20(10-12-21)18-28-23-15-13-22(14-16-23)27-17-19-7-4-3-5-8-19/h3-5,7-16H,2,6,17-18H2,1H3,(H,25,26). The van der Waals surface area contributed by atoms with Crippen molar-refractivity contribution in [3.63, 3.8) is 0 Å². The lowest BCUT2D eigenvalue weighted by Gasteiger charge is -2.10. The summed E-state index contributed by atoms with van der Waals surface area (Å²) < 4.78 is 11.6. The lowest BCUT2D eigenvalue weighted by atomic mass is 10.2. The second-order valence-electron chi connectivity index (χ2n) is 6.53. The number of anilines is 1. The smallest absolute Gasteiger partial charge is 0.224 e. The first-order chi connectivity index (χ1) is 13.7. The van der Waals surface area contributed by atoms with E-state index in [1.807, 2.05) is 85.8 Å². The number of hydrogen-bond donors (Lipinski definition) is 1. The predicted octanol–water partition coefficient (Wildman–Crippen LogP) is 5.58. The van der Waals surface area contributed by atoms with Gasteiger partial charge in [0, 0.05) is 12.1 Å². The molecule has 0 fully saturated rings. The zero-order valence-corrected chi connectivity index (χ0v) is 16.1. The molecule has 0 radical (unpaired) electrons. The molecule has 0 heterocycles. The molecule has 1 amide bonds. The Balaban J connectivity index is 1.46. The van der Waals surface area contributed by atoms with E-state index in [4.69, 9.17) is 9.47 Å². The minimum absolute atomic E-state index is 0.0427. The minimum atomic E-state index is 0.0427. The first-order valence-corrected chi connectivity index (χ1v) is 9.51. The fraction of sp³-hybridized carbons (Fsp3) is 0.208. The highest BCUT2D eigenvalue weighted by Gasteiger charge is 2.02.